The average molecular weight is 239 g/mol. The third-order valence-electron chi connectivity index (χ3n) is 3.71. The van der Waals surface area contributed by atoms with Crippen LogP contribution in [0.15, 0.2) is 12.7 Å². The summed E-state index contributed by atoms with van der Waals surface area (Å²) in [5.74, 6) is 0.854. The fourth-order valence-electron chi connectivity index (χ4n) is 2.27. The van der Waals surface area contributed by atoms with Gasteiger partial charge in [-0.15, -0.1) is 6.58 Å². The molecule has 0 heterocycles. The lowest BCUT2D eigenvalue weighted by Gasteiger charge is -2.31. The first kappa shape index (κ1) is 16.7. The fraction of sp³-hybridized carbons (Fsp3) is 0.875. The monoisotopic (exact) mass is 239 g/mol. The maximum Gasteiger partial charge on any atom is 0.00422 e. The summed E-state index contributed by atoms with van der Waals surface area (Å²) in [7, 11) is 0. The van der Waals surface area contributed by atoms with Crippen LogP contribution in [0, 0.1) is 11.3 Å². The van der Waals surface area contributed by atoms with E-state index >= 15 is 0 Å². The molecule has 0 saturated heterocycles. The zero-order valence-corrected chi connectivity index (χ0v) is 12.7. The molecule has 0 aliphatic carbocycles. The van der Waals surface area contributed by atoms with Crippen LogP contribution in [0.5, 0.6) is 0 Å². The topological polar surface area (TPSA) is 12.0 Å². The molecule has 2 unspecified atom stereocenters. The molecular formula is C16H33N. The van der Waals surface area contributed by atoms with Crippen LogP contribution in [0.1, 0.15) is 66.7 Å². The van der Waals surface area contributed by atoms with E-state index in [-0.39, 0.29) is 5.41 Å². The van der Waals surface area contributed by atoms with Gasteiger partial charge in [0.25, 0.3) is 0 Å². The van der Waals surface area contributed by atoms with Gasteiger partial charge in [-0.3, -0.25) is 0 Å². The molecule has 0 amide bonds. The van der Waals surface area contributed by atoms with Gasteiger partial charge in [-0.05, 0) is 17.8 Å². The molecule has 1 nitrogen and oxygen atoms in total. The lowest BCUT2D eigenvalue weighted by molar-refractivity contribution is 0.267. The second kappa shape index (κ2) is 8.74. The molecule has 0 spiro atoms. The molecule has 0 saturated carbocycles. The normalized spacial score (nSPS) is 16.8. The number of nitrogens with one attached hydrogen (secondary N) is 1. The predicted molar refractivity (Wildman–Crippen MR) is 79.4 cm³/mol. The zero-order valence-electron chi connectivity index (χ0n) is 12.7. The zero-order chi connectivity index (χ0) is 13.3. The number of hydrogen-bond acceptors (Lipinski definition) is 1. The summed E-state index contributed by atoms with van der Waals surface area (Å²) in [5, 5.41) is 3.55. The number of hydrogen-bond donors (Lipinski definition) is 1. The van der Waals surface area contributed by atoms with Gasteiger partial charge in [-0.2, -0.15) is 0 Å². The van der Waals surface area contributed by atoms with E-state index in [2.05, 4.69) is 52.6 Å². The molecule has 0 radical (unpaired) electrons. The third kappa shape index (κ3) is 7.59. The molecule has 0 bridgehead atoms. The van der Waals surface area contributed by atoms with E-state index in [0.717, 1.165) is 12.5 Å². The highest BCUT2D eigenvalue weighted by Gasteiger charge is 2.24. The van der Waals surface area contributed by atoms with Gasteiger partial charge < -0.3 is 5.32 Å². The van der Waals surface area contributed by atoms with Gasteiger partial charge in [-0.25, -0.2) is 0 Å². The van der Waals surface area contributed by atoms with Gasteiger partial charge in [0.2, 0.25) is 0 Å². The minimum Gasteiger partial charge on any atom is -0.314 e. The van der Waals surface area contributed by atoms with E-state index in [1.54, 1.807) is 0 Å². The SMILES string of the molecule is C=CC(C)(CNC(C)C)CC(CC)CCCC. The van der Waals surface area contributed by atoms with Gasteiger partial charge in [0.15, 0.2) is 0 Å². The van der Waals surface area contributed by atoms with Crippen LogP contribution in [-0.4, -0.2) is 12.6 Å². The molecule has 17 heavy (non-hydrogen) atoms. The lowest BCUT2D eigenvalue weighted by atomic mass is 9.78. The summed E-state index contributed by atoms with van der Waals surface area (Å²) in [6.07, 6.45) is 8.77. The van der Waals surface area contributed by atoms with Crippen LogP contribution in [0.3, 0.4) is 0 Å². The van der Waals surface area contributed by atoms with Gasteiger partial charge >= 0.3 is 0 Å². The van der Waals surface area contributed by atoms with Gasteiger partial charge in [0.05, 0.1) is 0 Å². The molecule has 0 aliphatic heterocycles. The average Bonchev–Trinajstić information content (AvgIpc) is 2.32. The van der Waals surface area contributed by atoms with Crippen LogP contribution >= 0.6 is 0 Å². The maximum absolute atomic E-state index is 4.04. The summed E-state index contributed by atoms with van der Waals surface area (Å²) >= 11 is 0. The highest BCUT2D eigenvalue weighted by molar-refractivity contribution is 4.94. The van der Waals surface area contributed by atoms with Crippen molar-refractivity contribution in [3.63, 3.8) is 0 Å². The first-order valence-corrected chi connectivity index (χ1v) is 7.34. The fourth-order valence-corrected chi connectivity index (χ4v) is 2.27. The van der Waals surface area contributed by atoms with Crippen LogP contribution in [-0.2, 0) is 0 Å². The minimum absolute atomic E-state index is 0.249. The Morgan fingerprint density at radius 2 is 1.94 bits per heavy atom. The summed E-state index contributed by atoms with van der Waals surface area (Å²) in [6.45, 7) is 16.4. The molecule has 0 aromatic carbocycles. The van der Waals surface area contributed by atoms with E-state index in [4.69, 9.17) is 0 Å². The van der Waals surface area contributed by atoms with Crippen molar-refractivity contribution in [2.24, 2.45) is 11.3 Å². The Morgan fingerprint density at radius 3 is 2.35 bits per heavy atom. The van der Waals surface area contributed by atoms with E-state index in [9.17, 15) is 0 Å². The predicted octanol–water partition coefficient (Wildman–Crippen LogP) is 4.78. The Bertz CT molecular complexity index is 198. The van der Waals surface area contributed by atoms with Crippen LogP contribution in [0.2, 0.25) is 0 Å². The molecule has 0 aromatic rings. The van der Waals surface area contributed by atoms with Crippen molar-refractivity contribution in [1.82, 2.24) is 5.32 Å². The van der Waals surface area contributed by atoms with Gasteiger partial charge in [0.1, 0.15) is 0 Å². The summed E-state index contributed by atoms with van der Waals surface area (Å²) in [4.78, 5) is 0. The van der Waals surface area contributed by atoms with Crippen molar-refractivity contribution < 1.29 is 0 Å². The summed E-state index contributed by atoms with van der Waals surface area (Å²) < 4.78 is 0. The standard InChI is InChI=1S/C16H33N/c1-7-10-11-15(8-2)12-16(6,9-3)13-17-14(4)5/h9,14-15,17H,3,7-8,10-13H2,1-2,4-6H3. The van der Waals surface area contributed by atoms with Gasteiger partial charge in [0, 0.05) is 12.6 Å². The largest absolute Gasteiger partial charge is 0.314 e. The van der Waals surface area contributed by atoms with Gasteiger partial charge in [-0.1, -0.05) is 66.4 Å². The summed E-state index contributed by atoms with van der Waals surface area (Å²) in [6, 6.07) is 0.560. The molecule has 0 aromatic heterocycles. The Labute approximate surface area is 109 Å². The molecule has 102 valence electrons. The van der Waals surface area contributed by atoms with Crippen molar-refractivity contribution in [3.05, 3.63) is 12.7 Å². The first-order valence-electron chi connectivity index (χ1n) is 7.34. The van der Waals surface area contributed by atoms with Crippen LogP contribution in [0.4, 0.5) is 0 Å². The van der Waals surface area contributed by atoms with E-state index in [1.165, 1.54) is 32.1 Å². The van der Waals surface area contributed by atoms with E-state index in [1.807, 2.05) is 0 Å². The molecule has 2 atom stereocenters. The smallest absolute Gasteiger partial charge is 0.00422 e. The Hall–Kier alpha value is -0.300. The van der Waals surface area contributed by atoms with Crippen molar-refractivity contribution in [1.29, 1.82) is 0 Å². The van der Waals surface area contributed by atoms with E-state index in [0.29, 0.717) is 6.04 Å². The highest BCUT2D eigenvalue weighted by atomic mass is 14.9. The highest BCUT2D eigenvalue weighted by Crippen LogP contribution is 2.31. The second-order valence-electron chi connectivity index (χ2n) is 6.01. The van der Waals surface area contributed by atoms with Crippen molar-refractivity contribution in [2.75, 3.05) is 6.54 Å². The van der Waals surface area contributed by atoms with Crippen LogP contribution in [0.25, 0.3) is 0 Å². The molecule has 0 aliphatic rings. The van der Waals surface area contributed by atoms with Crippen molar-refractivity contribution in [2.45, 2.75) is 72.8 Å². The quantitative estimate of drug-likeness (QED) is 0.541. The Balaban J connectivity index is 4.26. The Kier molecular flexibility index (Phi) is 8.59. The first-order chi connectivity index (χ1) is 7.97. The molecule has 1 N–H and O–H groups in total. The lowest BCUT2D eigenvalue weighted by Crippen LogP contribution is -2.35. The maximum atomic E-state index is 4.04. The second-order valence-corrected chi connectivity index (χ2v) is 6.01. The molecule has 0 rings (SSSR count). The summed E-state index contributed by atoms with van der Waals surface area (Å²) in [5.41, 5.74) is 0.249. The molecule has 0 fully saturated rings. The number of unbranched alkanes of at least 4 members (excludes halogenated alkanes) is 1. The van der Waals surface area contributed by atoms with E-state index < -0.39 is 0 Å². The number of rotatable bonds is 10. The van der Waals surface area contributed by atoms with Crippen molar-refractivity contribution >= 4 is 0 Å². The molecule has 1 heteroatoms. The van der Waals surface area contributed by atoms with Crippen LogP contribution < -0.4 is 5.32 Å². The molecular weight excluding hydrogens is 206 g/mol. The Morgan fingerprint density at radius 1 is 1.29 bits per heavy atom. The van der Waals surface area contributed by atoms with Crippen molar-refractivity contribution in [3.8, 4) is 0 Å². The third-order valence-corrected chi connectivity index (χ3v) is 3.71. The minimum atomic E-state index is 0.249.